The highest BCUT2D eigenvalue weighted by Crippen LogP contribution is 2.38. The number of nitrogens with two attached hydrogens (primary N) is 1. The smallest absolute Gasteiger partial charge is 0.181 e. The molecule has 1 aromatic heterocycles. The van der Waals surface area contributed by atoms with E-state index in [1.165, 1.54) is 18.9 Å². The molecule has 0 bridgehead atoms. The van der Waals surface area contributed by atoms with Crippen LogP contribution in [0.3, 0.4) is 0 Å². The van der Waals surface area contributed by atoms with Crippen molar-refractivity contribution in [3.63, 3.8) is 0 Å². The van der Waals surface area contributed by atoms with Crippen molar-refractivity contribution in [3.05, 3.63) is 34.2 Å². The van der Waals surface area contributed by atoms with E-state index in [9.17, 15) is 4.79 Å². The van der Waals surface area contributed by atoms with Gasteiger partial charge in [0.15, 0.2) is 5.43 Å². The molecule has 0 amide bonds. The van der Waals surface area contributed by atoms with Gasteiger partial charge in [-0.15, -0.1) is 0 Å². The minimum absolute atomic E-state index is 0.0268. The molecular weight excluding hydrogens is 152 g/mol. The van der Waals surface area contributed by atoms with Crippen LogP contribution in [0.1, 0.15) is 24.6 Å². The fraction of sp³-hybridized carbons (Fsp3) is 0.444. The first-order valence-electron chi connectivity index (χ1n) is 4.21. The van der Waals surface area contributed by atoms with Gasteiger partial charge in [0.25, 0.3) is 0 Å². The molecule has 2 rings (SSSR count). The van der Waals surface area contributed by atoms with E-state index < -0.39 is 0 Å². The summed E-state index contributed by atoms with van der Waals surface area (Å²) in [5, 5.41) is 0. The van der Waals surface area contributed by atoms with E-state index in [0.717, 1.165) is 5.69 Å². The second-order valence-electron chi connectivity index (χ2n) is 3.34. The molecule has 0 spiro atoms. The van der Waals surface area contributed by atoms with Gasteiger partial charge in [0.05, 0.1) is 0 Å². The quantitative estimate of drug-likeness (QED) is 0.678. The zero-order chi connectivity index (χ0) is 8.55. The Morgan fingerprint density at radius 2 is 2.33 bits per heavy atom. The maximum absolute atomic E-state index is 11.0. The first-order valence-corrected chi connectivity index (χ1v) is 4.21. The normalized spacial score (nSPS) is 19.1. The molecule has 1 fully saturated rings. The largest absolute Gasteiger partial charge is 0.363 e. The average molecular weight is 164 g/mol. The second-order valence-corrected chi connectivity index (χ2v) is 3.34. The predicted molar refractivity (Wildman–Crippen MR) is 46.7 cm³/mol. The topological polar surface area (TPSA) is 58.9 Å². The minimum atomic E-state index is 0.0268. The van der Waals surface area contributed by atoms with Crippen LogP contribution in [-0.2, 0) is 0 Å². The molecule has 64 valence electrons. The summed E-state index contributed by atoms with van der Waals surface area (Å²) in [6.07, 6.45) is 4.04. The molecule has 3 N–H and O–H groups in total. The van der Waals surface area contributed by atoms with Crippen LogP contribution >= 0.6 is 0 Å². The third-order valence-corrected chi connectivity index (χ3v) is 2.28. The zero-order valence-corrected chi connectivity index (χ0v) is 6.79. The summed E-state index contributed by atoms with van der Waals surface area (Å²) in [6.45, 7) is 0. The molecule has 1 unspecified atom stereocenters. The van der Waals surface area contributed by atoms with Gasteiger partial charge in [-0.05, 0) is 18.8 Å². The molecule has 1 heterocycles. The Labute approximate surface area is 70.6 Å². The lowest BCUT2D eigenvalue weighted by Gasteiger charge is -2.08. The maximum Gasteiger partial charge on any atom is 0.181 e. The summed E-state index contributed by atoms with van der Waals surface area (Å²) in [7, 11) is 0. The molecule has 0 saturated heterocycles. The van der Waals surface area contributed by atoms with Crippen LogP contribution in [0.5, 0.6) is 0 Å². The first-order chi connectivity index (χ1) is 5.77. The predicted octanol–water partition coefficient (Wildman–Crippen LogP) is 0.785. The van der Waals surface area contributed by atoms with E-state index in [-0.39, 0.29) is 11.5 Å². The van der Waals surface area contributed by atoms with Gasteiger partial charge in [-0.3, -0.25) is 4.79 Å². The van der Waals surface area contributed by atoms with Crippen LogP contribution < -0.4 is 11.2 Å². The van der Waals surface area contributed by atoms with Crippen molar-refractivity contribution < 1.29 is 0 Å². The van der Waals surface area contributed by atoms with Crippen molar-refractivity contribution >= 4 is 0 Å². The van der Waals surface area contributed by atoms with Crippen molar-refractivity contribution in [2.24, 2.45) is 11.7 Å². The average Bonchev–Trinajstić information content (AvgIpc) is 2.85. The Hall–Kier alpha value is -1.09. The molecule has 1 aromatic rings. The van der Waals surface area contributed by atoms with Gasteiger partial charge in [0, 0.05) is 30.1 Å². The third kappa shape index (κ3) is 1.41. The molecule has 1 aliphatic carbocycles. The fourth-order valence-electron chi connectivity index (χ4n) is 1.36. The lowest BCUT2D eigenvalue weighted by Crippen LogP contribution is -2.16. The van der Waals surface area contributed by atoms with E-state index in [0.29, 0.717) is 5.92 Å². The highest BCUT2D eigenvalue weighted by molar-refractivity contribution is 5.11. The Balaban J connectivity index is 2.26. The minimum Gasteiger partial charge on any atom is -0.363 e. The van der Waals surface area contributed by atoms with Crippen molar-refractivity contribution in [3.8, 4) is 0 Å². The Bertz CT molecular complexity index is 327. The van der Waals surface area contributed by atoms with Gasteiger partial charge in [0.1, 0.15) is 0 Å². The lowest BCUT2D eigenvalue weighted by atomic mass is 10.1. The monoisotopic (exact) mass is 164 g/mol. The molecule has 3 nitrogen and oxygen atoms in total. The highest BCUT2D eigenvalue weighted by Gasteiger charge is 2.29. The third-order valence-electron chi connectivity index (χ3n) is 2.28. The number of nitrogens with one attached hydrogen (secondary N) is 1. The summed E-state index contributed by atoms with van der Waals surface area (Å²) in [5.41, 5.74) is 6.79. The Kier molecular flexibility index (Phi) is 1.73. The number of hydrogen-bond acceptors (Lipinski definition) is 2. The first kappa shape index (κ1) is 7.55. The van der Waals surface area contributed by atoms with E-state index in [1.54, 1.807) is 12.3 Å². The van der Waals surface area contributed by atoms with Gasteiger partial charge >= 0.3 is 0 Å². The Morgan fingerprint density at radius 3 is 2.92 bits per heavy atom. The molecule has 1 aliphatic rings. The summed E-state index contributed by atoms with van der Waals surface area (Å²) in [5.74, 6) is 0.586. The molecule has 1 atom stereocenters. The summed E-state index contributed by atoms with van der Waals surface area (Å²) in [4.78, 5) is 14.0. The number of pyridine rings is 1. The van der Waals surface area contributed by atoms with E-state index in [1.807, 2.05) is 0 Å². The Morgan fingerprint density at radius 1 is 1.58 bits per heavy atom. The number of rotatable bonds is 2. The van der Waals surface area contributed by atoms with Crippen LogP contribution in [0, 0.1) is 5.92 Å². The SMILES string of the molecule is NC(c1cc(=O)cc[nH]1)C1CC1. The van der Waals surface area contributed by atoms with Gasteiger partial charge in [0.2, 0.25) is 0 Å². The summed E-state index contributed by atoms with van der Waals surface area (Å²) >= 11 is 0. The van der Waals surface area contributed by atoms with E-state index in [2.05, 4.69) is 4.98 Å². The summed E-state index contributed by atoms with van der Waals surface area (Å²) < 4.78 is 0. The highest BCUT2D eigenvalue weighted by atomic mass is 16.1. The number of H-pyrrole nitrogens is 1. The van der Waals surface area contributed by atoms with E-state index in [4.69, 9.17) is 5.73 Å². The molecule has 0 aliphatic heterocycles. The second kappa shape index (κ2) is 2.75. The number of aromatic amines is 1. The van der Waals surface area contributed by atoms with Crippen LogP contribution in [0.15, 0.2) is 23.1 Å². The van der Waals surface area contributed by atoms with Crippen LogP contribution in [-0.4, -0.2) is 4.98 Å². The number of aromatic nitrogens is 1. The van der Waals surface area contributed by atoms with Crippen molar-refractivity contribution in [2.45, 2.75) is 18.9 Å². The van der Waals surface area contributed by atoms with Gasteiger partial charge in [-0.2, -0.15) is 0 Å². The van der Waals surface area contributed by atoms with Crippen LogP contribution in [0.2, 0.25) is 0 Å². The maximum atomic E-state index is 11.0. The standard InChI is InChI=1S/C9H12N2O/c10-9(6-1-2-6)8-5-7(12)3-4-11-8/h3-6,9H,1-2,10H2,(H,11,12). The van der Waals surface area contributed by atoms with Crippen LogP contribution in [0.4, 0.5) is 0 Å². The number of hydrogen-bond donors (Lipinski definition) is 2. The van der Waals surface area contributed by atoms with Crippen LogP contribution in [0.25, 0.3) is 0 Å². The summed E-state index contributed by atoms with van der Waals surface area (Å²) in [6, 6.07) is 3.12. The van der Waals surface area contributed by atoms with Crippen molar-refractivity contribution in [1.82, 2.24) is 4.98 Å². The van der Waals surface area contributed by atoms with Gasteiger partial charge in [-0.1, -0.05) is 0 Å². The fourth-order valence-corrected chi connectivity index (χ4v) is 1.36. The molecule has 0 aromatic carbocycles. The van der Waals surface area contributed by atoms with Crippen molar-refractivity contribution in [2.75, 3.05) is 0 Å². The molecule has 3 heteroatoms. The van der Waals surface area contributed by atoms with Crippen molar-refractivity contribution in [1.29, 1.82) is 0 Å². The molecule has 1 saturated carbocycles. The molecular formula is C9H12N2O. The molecule has 12 heavy (non-hydrogen) atoms. The van der Waals surface area contributed by atoms with Gasteiger partial charge < -0.3 is 10.7 Å². The zero-order valence-electron chi connectivity index (χ0n) is 6.79. The molecule has 0 radical (unpaired) electrons. The van der Waals surface area contributed by atoms with Gasteiger partial charge in [-0.25, -0.2) is 0 Å². The lowest BCUT2D eigenvalue weighted by molar-refractivity contribution is 0.614. The van der Waals surface area contributed by atoms with E-state index >= 15 is 0 Å².